The monoisotopic (exact) mass is 208 g/mol. The van der Waals surface area contributed by atoms with Gasteiger partial charge in [0.05, 0.1) is 18.8 Å². The molecule has 1 heterocycles. The van der Waals surface area contributed by atoms with Crippen LogP contribution < -0.4 is 11.1 Å². The normalized spacial score (nSPS) is 19.7. The van der Waals surface area contributed by atoms with E-state index < -0.39 is 0 Å². The van der Waals surface area contributed by atoms with E-state index in [1.165, 1.54) is 5.69 Å². The largest absolute Gasteiger partial charge is 0.348 e. The van der Waals surface area contributed by atoms with Gasteiger partial charge in [-0.15, -0.1) is 0 Å². The summed E-state index contributed by atoms with van der Waals surface area (Å²) in [6, 6.07) is 0.0958. The third kappa shape index (κ3) is 1.87. The molecule has 1 amide bonds. The first-order chi connectivity index (χ1) is 7.22. The molecule has 82 valence electrons. The van der Waals surface area contributed by atoms with Crippen molar-refractivity contribution in [3.05, 3.63) is 17.5 Å². The lowest BCUT2D eigenvalue weighted by atomic mass is 9.93. The fraction of sp³-hybridized carbons (Fsp3) is 0.600. The molecule has 15 heavy (non-hydrogen) atoms. The van der Waals surface area contributed by atoms with Gasteiger partial charge in [-0.3, -0.25) is 9.48 Å². The van der Waals surface area contributed by atoms with Gasteiger partial charge >= 0.3 is 0 Å². The van der Waals surface area contributed by atoms with Crippen LogP contribution in [-0.2, 0) is 18.3 Å². The smallest absolute Gasteiger partial charge is 0.234 e. The fourth-order valence-corrected chi connectivity index (χ4v) is 2.11. The number of aromatic nitrogens is 2. The molecule has 5 nitrogen and oxygen atoms in total. The third-order valence-electron chi connectivity index (χ3n) is 2.90. The Labute approximate surface area is 88.6 Å². The number of carbonyl (C=O) groups is 1. The molecule has 0 aliphatic heterocycles. The van der Waals surface area contributed by atoms with Gasteiger partial charge in [-0.1, -0.05) is 0 Å². The lowest BCUT2D eigenvalue weighted by Crippen LogP contribution is -2.35. The number of nitrogens with one attached hydrogen (secondary N) is 1. The van der Waals surface area contributed by atoms with Crippen LogP contribution in [0.3, 0.4) is 0 Å². The van der Waals surface area contributed by atoms with Gasteiger partial charge < -0.3 is 11.1 Å². The third-order valence-corrected chi connectivity index (χ3v) is 2.90. The number of amides is 1. The van der Waals surface area contributed by atoms with Crippen molar-refractivity contribution >= 4 is 5.91 Å². The Hall–Kier alpha value is -1.36. The second kappa shape index (κ2) is 4.02. The lowest BCUT2D eigenvalue weighted by molar-refractivity contribution is -0.120. The molecule has 2 rings (SSSR count). The highest BCUT2D eigenvalue weighted by molar-refractivity contribution is 5.78. The van der Waals surface area contributed by atoms with E-state index in [1.54, 1.807) is 0 Å². The Bertz CT molecular complexity index is 371. The molecule has 1 aliphatic rings. The fourth-order valence-electron chi connectivity index (χ4n) is 2.11. The Morgan fingerprint density at radius 3 is 3.33 bits per heavy atom. The van der Waals surface area contributed by atoms with Crippen LogP contribution in [0.25, 0.3) is 0 Å². The van der Waals surface area contributed by atoms with Gasteiger partial charge in [0.2, 0.25) is 5.91 Å². The number of rotatable bonds is 2. The maximum Gasteiger partial charge on any atom is 0.234 e. The minimum atomic E-state index is -0.100. The number of carbonyl (C=O) groups excluding carboxylic acids is 1. The van der Waals surface area contributed by atoms with Crippen LogP contribution in [0.2, 0.25) is 0 Å². The molecule has 1 aromatic rings. The van der Waals surface area contributed by atoms with Gasteiger partial charge in [0.25, 0.3) is 0 Å². The van der Waals surface area contributed by atoms with E-state index in [4.69, 9.17) is 5.73 Å². The van der Waals surface area contributed by atoms with E-state index in [2.05, 4.69) is 10.4 Å². The van der Waals surface area contributed by atoms with Gasteiger partial charge in [0.1, 0.15) is 0 Å². The summed E-state index contributed by atoms with van der Waals surface area (Å²) in [5.74, 6) is -0.100. The van der Waals surface area contributed by atoms with Gasteiger partial charge in [0, 0.05) is 18.3 Å². The predicted octanol–water partition coefficient (Wildman–Crippen LogP) is -0.128. The summed E-state index contributed by atoms with van der Waals surface area (Å²) < 4.78 is 1.89. The maximum atomic E-state index is 11.2. The minimum absolute atomic E-state index is 0.0477. The number of hydrogen-bond donors (Lipinski definition) is 2. The van der Waals surface area contributed by atoms with Crippen LogP contribution in [0.15, 0.2) is 6.20 Å². The maximum absolute atomic E-state index is 11.2. The van der Waals surface area contributed by atoms with Crippen molar-refractivity contribution in [1.82, 2.24) is 15.1 Å². The molecule has 0 saturated carbocycles. The first-order valence-corrected chi connectivity index (χ1v) is 5.22. The number of fused-ring (bicyclic) bond motifs is 1. The molecule has 3 N–H and O–H groups in total. The summed E-state index contributed by atoms with van der Waals surface area (Å²) in [6.07, 6.45) is 4.95. The molecule has 1 aromatic heterocycles. The Morgan fingerprint density at radius 1 is 1.80 bits per heavy atom. The average molecular weight is 208 g/mol. The van der Waals surface area contributed by atoms with Gasteiger partial charge in [-0.05, 0) is 19.3 Å². The highest BCUT2D eigenvalue weighted by atomic mass is 16.1. The zero-order chi connectivity index (χ0) is 10.8. The first-order valence-electron chi connectivity index (χ1n) is 5.22. The predicted molar refractivity (Wildman–Crippen MR) is 56.1 cm³/mol. The van der Waals surface area contributed by atoms with Gasteiger partial charge in [0.15, 0.2) is 0 Å². The van der Waals surface area contributed by atoms with Crippen LogP contribution in [0.1, 0.15) is 30.1 Å². The zero-order valence-electron chi connectivity index (χ0n) is 8.86. The molecular weight excluding hydrogens is 192 g/mol. The van der Waals surface area contributed by atoms with Crippen molar-refractivity contribution in [2.24, 2.45) is 12.8 Å². The molecule has 1 atom stereocenters. The molecule has 0 fully saturated rings. The molecular formula is C10H16N4O. The average Bonchev–Trinajstić information content (AvgIpc) is 2.62. The van der Waals surface area contributed by atoms with E-state index in [0.29, 0.717) is 0 Å². The molecule has 0 aromatic carbocycles. The van der Waals surface area contributed by atoms with Crippen molar-refractivity contribution in [2.75, 3.05) is 6.54 Å². The van der Waals surface area contributed by atoms with Crippen LogP contribution in [0.5, 0.6) is 0 Å². The van der Waals surface area contributed by atoms with Crippen molar-refractivity contribution < 1.29 is 4.79 Å². The summed E-state index contributed by atoms with van der Waals surface area (Å²) in [5, 5.41) is 7.14. The van der Waals surface area contributed by atoms with Crippen molar-refractivity contribution in [3.63, 3.8) is 0 Å². The molecule has 0 saturated heterocycles. The van der Waals surface area contributed by atoms with E-state index in [0.717, 1.165) is 24.8 Å². The highest BCUT2D eigenvalue weighted by Gasteiger charge is 2.24. The van der Waals surface area contributed by atoms with E-state index >= 15 is 0 Å². The van der Waals surface area contributed by atoms with Crippen LogP contribution in [0, 0.1) is 0 Å². The SMILES string of the molecule is Cn1ncc2c1CCCC2NC(=O)CN. The van der Waals surface area contributed by atoms with E-state index in [9.17, 15) is 4.79 Å². The Kier molecular flexibility index (Phi) is 2.73. The topological polar surface area (TPSA) is 72.9 Å². The quantitative estimate of drug-likeness (QED) is 0.711. The highest BCUT2D eigenvalue weighted by Crippen LogP contribution is 2.28. The van der Waals surface area contributed by atoms with Gasteiger partial charge in [-0.25, -0.2) is 0 Å². The van der Waals surface area contributed by atoms with Crippen LogP contribution in [0.4, 0.5) is 0 Å². The molecule has 0 bridgehead atoms. The minimum Gasteiger partial charge on any atom is -0.348 e. The van der Waals surface area contributed by atoms with Crippen molar-refractivity contribution in [3.8, 4) is 0 Å². The second-order valence-electron chi connectivity index (χ2n) is 3.89. The van der Waals surface area contributed by atoms with E-state index in [-0.39, 0.29) is 18.5 Å². The summed E-state index contributed by atoms with van der Waals surface area (Å²) in [6.45, 7) is 0.0477. The molecule has 1 unspecified atom stereocenters. The van der Waals surface area contributed by atoms with Crippen LogP contribution >= 0.6 is 0 Å². The standard InChI is InChI=1S/C10H16N4O/c1-14-9-4-2-3-8(7(9)6-12-14)13-10(15)5-11/h6,8H,2-5,11H2,1H3,(H,13,15). The zero-order valence-corrected chi connectivity index (χ0v) is 8.86. The molecule has 5 heteroatoms. The number of nitrogens with two attached hydrogens (primary N) is 1. The van der Waals surface area contributed by atoms with Crippen molar-refractivity contribution in [2.45, 2.75) is 25.3 Å². The number of nitrogens with zero attached hydrogens (tertiary/aromatic N) is 2. The molecule has 1 aliphatic carbocycles. The van der Waals surface area contributed by atoms with Gasteiger partial charge in [-0.2, -0.15) is 5.10 Å². The molecule has 0 radical (unpaired) electrons. The molecule has 0 spiro atoms. The Balaban J connectivity index is 2.19. The lowest BCUT2D eigenvalue weighted by Gasteiger charge is -2.23. The Morgan fingerprint density at radius 2 is 2.60 bits per heavy atom. The summed E-state index contributed by atoms with van der Waals surface area (Å²) in [4.78, 5) is 11.2. The number of hydrogen-bond acceptors (Lipinski definition) is 3. The summed E-state index contributed by atoms with van der Waals surface area (Å²) >= 11 is 0. The summed E-state index contributed by atoms with van der Waals surface area (Å²) in [5.41, 5.74) is 7.65. The number of aryl methyl sites for hydroxylation is 1. The van der Waals surface area contributed by atoms with Crippen LogP contribution in [-0.4, -0.2) is 22.2 Å². The second-order valence-corrected chi connectivity index (χ2v) is 3.89. The first kappa shape index (κ1) is 10.2. The summed E-state index contributed by atoms with van der Waals surface area (Å²) in [7, 11) is 1.94. The van der Waals surface area contributed by atoms with Crippen molar-refractivity contribution in [1.29, 1.82) is 0 Å². The van der Waals surface area contributed by atoms with E-state index in [1.807, 2.05) is 17.9 Å².